The lowest BCUT2D eigenvalue weighted by Crippen LogP contribution is -2.14. The van der Waals surface area contributed by atoms with Crippen LogP contribution in [0.25, 0.3) is 71.7 Å². The van der Waals surface area contributed by atoms with Gasteiger partial charge in [0, 0.05) is 39.6 Å². The van der Waals surface area contributed by atoms with Crippen molar-refractivity contribution < 1.29 is 4.79 Å². The summed E-state index contributed by atoms with van der Waals surface area (Å²) in [5.41, 5.74) is 8.81. The van der Waals surface area contributed by atoms with Crippen molar-refractivity contribution in [3.05, 3.63) is 133 Å². The van der Waals surface area contributed by atoms with Gasteiger partial charge in [-0.15, -0.1) is 0 Å². The molecule has 190 valence electrons. The first-order valence-electron chi connectivity index (χ1n) is 13.6. The molecular formula is C36H20N4O. The number of aromatic nitrogens is 4. The third-order valence-electron chi connectivity index (χ3n) is 8.22. The molecule has 0 bridgehead atoms. The Morgan fingerprint density at radius 1 is 0.537 bits per heavy atom. The zero-order chi connectivity index (χ0) is 27.1. The first kappa shape index (κ1) is 22.2. The van der Waals surface area contributed by atoms with Gasteiger partial charge in [0.05, 0.1) is 27.8 Å². The molecule has 41 heavy (non-hydrogen) atoms. The summed E-state index contributed by atoms with van der Waals surface area (Å²) >= 11 is 0. The van der Waals surface area contributed by atoms with Crippen molar-refractivity contribution in [2.24, 2.45) is 0 Å². The molecule has 0 N–H and O–H groups in total. The van der Waals surface area contributed by atoms with E-state index in [1.807, 2.05) is 18.2 Å². The first-order chi connectivity index (χ1) is 20.3. The molecule has 0 saturated heterocycles. The van der Waals surface area contributed by atoms with Crippen molar-refractivity contribution in [2.45, 2.75) is 0 Å². The summed E-state index contributed by atoms with van der Waals surface area (Å²) in [5, 5.41) is 5.14. The first-order valence-corrected chi connectivity index (χ1v) is 13.6. The highest BCUT2D eigenvalue weighted by atomic mass is 16.1. The number of pyridine rings is 3. The van der Waals surface area contributed by atoms with Gasteiger partial charge in [-0.1, -0.05) is 48.5 Å². The monoisotopic (exact) mass is 524 g/mol. The summed E-state index contributed by atoms with van der Waals surface area (Å²) in [6, 6.07) is 37.6. The minimum Gasteiger partial charge on any atom is -0.309 e. The lowest BCUT2D eigenvalue weighted by molar-refractivity contribution is 0.103. The van der Waals surface area contributed by atoms with Crippen LogP contribution in [0.5, 0.6) is 0 Å². The lowest BCUT2D eigenvalue weighted by Gasteiger charge is -2.18. The number of ketones is 1. The Hall–Kier alpha value is -5.68. The highest BCUT2D eigenvalue weighted by Gasteiger charge is 2.29. The molecule has 0 spiro atoms. The molecule has 1 aliphatic carbocycles. The normalized spacial score (nSPS) is 12.4. The largest absolute Gasteiger partial charge is 0.309 e. The topological polar surface area (TPSA) is 60.7 Å². The van der Waals surface area contributed by atoms with Crippen molar-refractivity contribution in [1.29, 1.82) is 0 Å². The Morgan fingerprint density at radius 2 is 1.29 bits per heavy atom. The van der Waals surface area contributed by atoms with E-state index in [9.17, 15) is 4.79 Å². The minimum absolute atomic E-state index is 0.107. The summed E-state index contributed by atoms with van der Waals surface area (Å²) in [7, 11) is 0. The predicted octanol–water partition coefficient (Wildman–Crippen LogP) is 8.15. The van der Waals surface area contributed by atoms with E-state index in [0.29, 0.717) is 22.6 Å². The van der Waals surface area contributed by atoms with E-state index in [1.54, 1.807) is 24.5 Å². The van der Waals surface area contributed by atoms with Crippen LogP contribution >= 0.6 is 0 Å². The van der Waals surface area contributed by atoms with Gasteiger partial charge in [-0.25, -0.2) is 4.98 Å². The number of carbonyl (C=O) groups excluding carboxylic acids is 1. The van der Waals surface area contributed by atoms with Crippen molar-refractivity contribution in [3.8, 4) is 28.2 Å². The number of nitrogens with zero attached hydrogens (tertiary/aromatic N) is 4. The van der Waals surface area contributed by atoms with E-state index < -0.39 is 0 Å². The van der Waals surface area contributed by atoms with E-state index in [1.165, 1.54) is 21.8 Å². The van der Waals surface area contributed by atoms with Gasteiger partial charge >= 0.3 is 0 Å². The number of benzene rings is 4. The van der Waals surface area contributed by atoms with Crippen LogP contribution < -0.4 is 0 Å². The fourth-order valence-corrected chi connectivity index (χ4v) is 6.39. The molecule has 0 aliphatic heterocycles. The molecule has 4 aromatic heterocycles. The highest BCUT2D eigenvalue weighted by Crippen LogP contribution is 2.40. The third kappa shape index (κ3) is 3.06. The van der Waals surface area contributed by atoms with Gasteiger partial charge in [-0.3, -0.25) is 14.8 Å². The van der Waals surface area contributed by atoms with Crippen molar-refractivity contribution >= 4 is 49.3 Å². The zero-order valence-corrected chi connectivity index (χ0v) is 21.7. The molecule has 0 fully saturated rings. The van der Waals surface area contributed by atoms with E-state index >= 15 is 0 Å². The van der Waals surface area contributed by atoms with Gasteiger partial charge in [0.25, 0.3) is 0 Å². The third-order valence-corrected chi connectivity index (χ3v) is 8.22. The molecule has 1 aliphatic rings. The van der Waals surface area contributed by atoms with E-state index in [2.05, 4.69) is 93.4 Å². The van der Waals surface area contributed by atoms with Crippen LogP contribution in [0.1, 0.15) is 16.1 Å². The van der Waals surface area contributed by atoms with Crippen LogP contribution in [0.3, 0.4) is 0 Å². The van der Waals surface area contributed by atoms with Gasteiger partial charge in [-0.2, -0.15) is 0 Å². The molecule has 5 heteroatoms. The van der Waals surface area contributed by atoms with E-state index in [-0.39, 0.29) is 5.78 Å². The second kappa shape index (κ2) is 8.16. The standard InChI is InChI=1S/C36H20N4O/c41-36-26-10-6-17-37-33(26)34-32-25(16-18-38-34)27-19-21(12-14-29(27)39-35(32)36)22-13-15-31-28(20-22)24-9-4-5-11-30(24)40(31)23-7-2-1-3-8-23/h1-20H. The number of rotatable bonds is 2. The minimum atomic E-state index is -0.107. The lowest BCUT2D eigenvalue weighted by atomic mass is 9.90. The Kier molecular flexibility index (Phi) is 4.41. The Balaban J connectivity index is 1.28. The average Bonchev–Trinajstić information content (AvgIpc) is 3.37. The smallest absolute Gasteiger partial charge is 0.214 e. The molecule has 0 amide bonds. The van der Waals surface area contributed by atoms with Crippen LogP contribution in [0.4, 0.5) is 0 Å². The Labute approximate surface area is 234 Å². The van der Waals surface area contributed by atoms with Gasteiger partial charge in [-0.05, 0) is 77.2 Å². The second-order valence-corrected chi connectivity index (χ2v) is 10.4. The molecule has 9 rings (SSSR count). The molecule has 0 saturated carbocycles. The number of para-hydroxylation sites is 2. The SMILES string of the molecule is O=C1c2cccnc2-c2nccc3c2c1nc1ccc(-c2ccc4c(c2)c2ccccc2n4-c2ccccc2)cc13. The van der Waals surface area contributed by atoms with Crippen LogP contribution in [0, 0.1) is 0 Å². The van der Waals surface area contributed by atoms with Crippen molar-refractivity contribution in [1.82, 2.24) is 19.5 Å². The maximum absolute atomic E-state index is 13.4. The van der Waals surface area contributed by atoms with Crippen LogP contribution in [0.15, 0.2) is 122 Å². The van der Waals surface area contributed by atoms with Gasteiger partial charge in [0.2, 0.25) is 5.78 Å². The number of fused-ring (bicyclic) bond motifs is 7. The van der Waals surface area contributed by atoms with Crippen LogP contribution in [0.2, 0.25) is 0 Å². The quantitative estimate of drug-likeness (QED) is 0.214. The Morgan fingerprint density at radius 3 is 2.20 bits per heavy atom. The molecule has 4 aromatic carbocycles. The van der Waals surface area contributed by atoms with Crippen molar-refractivity contribution in [3.63, 3.8) is 0 Å². The van der Waals surface area contributed by atoms with Crippen molar-refractivity contribution in [2.75, 3.05) is 0 Å². The number of hydrogen-bond donors (Lipinski definition) is 0. The van der Waals surface area contributed by atoms with E-state index in [4.69, 9.17) is 4.98 Å². The summed E-state index contributed by atoms with van der Waals surface area (Å²) in [6.45, 7) is 0. The molecule has 0 atom stereocenters. The number of carbonyl (C=O) groups is 1. The summed E-state index contributed by atoms with van der Waals surface area (Å²) < 4.78 is 2.32. The average molecular weight is 525 g/mol. The van der Waals surface area contributed by atoms with Crippen LogP contribution in [-0.2, 0) is 0 Å². The zero-order valence-electron chi connectivity index (χ0n) is 21.7. The molecule has 5 nitrogen and oxygen atoms in total. The molecule has 0 radical (unpaired) electrons. The van der Waals surface area contributed by atoms with Gasteiger partial charge in [0.15, 0.2) is 0 Å². The highest BCUT2D eigenvalue weighted by molar-refractivity contribution is 6.27. The predicted molar refractivity (Wildman–Crippen MR) is 163 cm³/mol. The molecule has 0 unspecified atom stereocenters. The fraction of sp³-hybridized carbons (Fsp3) is 0. The molecule has 8 aromatic rings. The number of hydrogen-bond acceptors (Lipinski definition) is 4. The Bertz CT molecular complexity index is 2390. The van der Waals surface area contributed by atoms with E-state index in [0.717, 1.165) is 38.5 Å². The van der Waals surface area contributed by atoms with Gasteiger partial charge < -0.3 is 4.57 Å². The van der Waals surface area contributed by atoms with Crippen LogP contribution in [-0.4, -0.2) is 25.3 Å². The maximum Gasteiger partial charge on any atom is 0.214 e. The molecular weight excluding hydrogens is 504 g/mol. The summed E-state index contributed by atoms with van der Waals surface area (Å²) in [5.74, 6) is -0.107. The fourth-order valence-electron chi connectivity index (χ4n) is 6.39. The second-order valence-electron chi connectivity index (χ2n) is 10.4. The molecule has 4 heterocycles. The summed E-state index contributed by atoms with van der Waals surface area (Å²) in [6.07, 6.45) is 3.50. The summed E-state index contributed by atoms with van der Waals surface area (Å²) in [4.78, 5) is 27.4. The maximum atomic E-state index is 13.4. The van der Waals surface area contributed by atoms with Gasteiger partial charge in [0.1, 0.15) is 11.4 Å².